The highest BCUT2D eigenvalue weighted by atomic mass is 16.5. The van der Waals surface area contributed by atoms with Gasteiger partial charge in [0.2, 0.25) is 5.90 Å². The van der Waals surface area contributed by atoms with Gasteiger partial charge in [0.05, 0.1) is 5.54 Å². The van der Waals surface area contributed by atoms with Crippen molar-refractivity contribution in [2.24, 2.45) is 4.99 Å². The predicted molar refractivity (Wildman–Crippen MR) is 115 cm³/mol. The van der Waals surface area contributed by atoms with Crippen LogP contribution >= 0.6 is 0 Å². The van der Waals surface area contributed by atoms with Crippen LogP contribution in [0, 0.1) is 0 Å². The van der Waals surface area contributed by atoms with Crippen LogP contribution in [-0.2, 0) is 10.2 Å². The number of ether oxygens (including phenoxy) is 1. The lowest BCUT2D eigenvalue weighted by atomic mass is 9.85. The number of benzene rings is 3. The van der Waals surface area contributed by atoms with Gasteiger partial charge in [-0.3, -0.25) is 0 Å². The minimum absolute atomic E-state index is 0.127. The first-order valence-corrected chi connectivity index (χ1v) is 9.59. The van der Waals surface area contributed by atoms with Crippen LogP contribution in [-0.4, -0.2) is 18.0 Å². The van der Waals surface area contributed by atoms with Crippen LogP contribution in [0.25, 0.3) is 21.9 Å². The van der Waals surface area contributed by atoms with E-state index in [1.54, 1.807) is 0 Å². The molecule has 1 aliphatic rings. The average molecular weight is 357 g/mol. The molecule has 27 heavy (non-hydrogen) atoms. The van der Waals surface area contributed by atoms with E-state index in [0.29, 0.717) is 6.61 Å². The molecule has 0 radical (unpaired) electrons. The Morgan fingerprint density at radius 3 is 2.00 bits per heavy atom. The summed E-state index contributed by atoms with van der Waals surface area (Å²) in [5.41, 5.74) is 4.89. The molecule has 3 aromatic rings. The lowest BCUT2D eigenvalue weighted by molar-refractivity contribution is 0.279. The third-order valence-corrected chi connectivity index (χ3v) is 5.14. The number of hydrogen-bond donors (Lipinski definition) is 0. The molecule has 0 N–H and O–H groups in total. The van der Waals surface area contributed by atoms with E-state index in [2.05, 4.69) is 100 Å². The number of rotatable bonds is 2. The summed E-state index contributed by atoms with van der Waals surface area (Å²) < 4.78 is 5.75. The van der Waals surface area contributed by atoms with Gasteiger partial charge < -0.3 is 4.74 Å². The minimum atomic E-state index is -0.127. The van der Waals surface area contributed by atoms with Crippen molar-refractivity contribution in [1.82, 2.24) is 0 Å². The van der Waals surface area contributed by atoms with Crippen LogP contribution in [0.4, 0.5) is 0 Å². The SMILES string of the molecule is CC1(C)COC(c2ccc(-c3ccc4cc(C(C)(C)C)ccc4c3)cc2)=N1. The van der Waals surface area contributed by atoms with Gasteiger partial charge in [-0.05, 0) is 64.9 Å². The maximum Gasteiger partial charge on any atom is 0.216 e. The number of aliphatic imine (C=N–C) groups is 1. The number of nitrogens with zero attached hydrogens (tertiary/aromatic N) is 1. The van der Waals surface area contributed by atoms with E-state index < -0.39 is 0 Å². The van der Waals surface area contributed by atoms with Gasteiger partial charge >= 0.3 is 0 Å². The molecule has 4 rings (SSSR count). The molecule has 0 fully saturated rings. The van der Waals surface area contributed by atoms with Gasteiger partial charge in [0, 0.05) is 5.56 Å². The molecule has 1 heterocycles. The highest BCUT2D eigenvalue weighted by Gasteiger charge is 2.26. The van der Waals surface area contributed by atoms with Gasteiger partial charge in [-0.15, -0.1) is 0 Å². The minimum Gasteiger partial charge on any atom is -0.475 e. The Morgan fingerprint density at radius 2 is 1.37 bits per heavy atom. The number of fused-ring (bicyclic) bond motifs is 1. The van der Waals surface area contributed by atoms with Crippen molar-refractivity contribution >= 4 is 16.7 Å². The average Bonchev–Trinajstić information content (AvgIpc) is 3.00. The highest BCUT2D eigenvalue weighted by Crippen LogP contribution is 2.30. The fourth-order valence-corrected chi connectivity index (χ4v) is 3.43. The Bertz CT molecular complexity index is 1020. The van der Waals surface area contributed by atoms with E-state index in [-0.39, 0.29) is 11.0 Å². The quantitative estimate of drug-likeness (QED) is 0.523. The fourth-order valence-electron chi connectivity index (χ4n) is 3.43. The van der Waals surface area contributed by atoms with Crippen LogP contribution in [0.15, 0.2) is 65.7 Å². The monoisotopic (exact) mass is 357 g/mol. The van der Waals surface area contributed by atoms with Gasteiger partial charge in [-0.25, -0.2) is 4.99 Å². The topological polar surface area (TPSA) is 21.6 Å². The molecule has 0 saturated heterocycles. The van der Waals surface area contributed by atoms with Crippen molar-refractivity contribution in [3.63, 3.8) is 0 Å². The molecule has 0 unspecified atom stereocenters. The molecule has 3 aromatic carbocycles. The lowest BCUT2D eigenvalue weighted by Gasteiger charge is -2.19. The second-order valence-electron chi connectivity index (χ2n) is 9.12. The standard InChI is InChI=1S/C25H27NO/c1-24(2,3)22-13-12-20-14-19(10-11-21(20)15-22)17-6-8-18(9-7-17)23-26-25(4,5)16-27-23/h6-15H,16H2,1-5H3. The van der Waals surface area contributed by atoms with Gasteiger partial charge in [0.1, 0.15) is 6.61 Å². The van der Waals surface area contributed by atoms with Crippen LogP contribution < -0.4 is 0 Å². The van der Waals surface area contributed by atoms with E-state index in [0.717, 1.165) is 11.5 Å². The Morgan fingerprint density at radius 1 is 0.778 bits per heavy atom. The predicted octanol–water partition coefficient (Wildman–Crippen LogP) is 6.36. The Hall–Kier alpha value is -2.61. The van der Waals surface area contributed by atoms with E-state index in [1.165, 1.54) is 27.5 Å². The summed E-state index contributed by atoms with van der Waals surface area (Å²) in [4.78, 5) is 4.66. The van der Waals surface area contributed by atoms with Crippen molar-refractivity contribution in [3.8, 4) is 11.1 Å². The van der Waals surface area contributed by atoms with Crippen molar-refractivity contribution in [1.29, 1.82) is 0 Å². The molecule has 0 amide bonds. The van der Waals surface area contributed by atoms with Crippen LogP contribution in [0.5, 0.6) is 0 Å². The largest absolute Gasteiger partial charge is 0.475 e. The molecule has 0 atom stereocenters. The van der Waals surface area contributed by atoms with Crippen LogP contribution in [0.2, 0.25) is 0 Å². The fraction of sp³-hybridized carbons (Fsp3) is 0.320. The Labute approximate surface area is 161 Å². The van der Waals surface area contributed by atoms with Gasteiger partial charge in [0.15, 0.2) is 0 Å². The molecule has 0 aliphatic carbocycles. The molecule has 0 bridgehead atoms. The normalized spacial score (nSPS) is 16.3. The van der Waals surface area contributed by atoms with Crippen molar-refractivity contribution in [3.05, 3.63) is 71.8 Å². The molecular formula is C25H27NO. The van der Waals surface area contributed by atoms with Crippen LogP contribution in [0.1, 0.15) is 45.7 Å². The van der Waals surface area contributed by atoms with E-state index in [4.69, 9.17) is 4.74 Å². The smallest absolute Gasteiger partial charge is 0.216 e. The molecule has 0 aromatic heterocycles. The summed E-state index contributed by atoms with van der Waals surface area (Å²) in [7, 11) is 0. The zero-order valence-corrected chi connectivity index (χ0v) is 16.8. The first kappa shape index (κ1) is 17.8. The molecule has 2 nitrogen and oxygen atoms in total. The number of hydrogen-bond acceptors (Lipinski definition) is 2. The maximum atomic E-state index is 5.75. The second kappa shape index (κ2) is 6.23. The van der Waals surface area contributed by atoms with E-state index >= 15 is 0 Å². The molecule has 1 aliphatic heterocycles. The van der Waals surface area contributed by atoms with Gasteiger partial charge in [-0.2, -0.15) is 0 Å². The third kappa shape index (κ3) is 3.62. The van der Waals surface area contributed by atoms with E-state index in [1.807, 2.05) is 0 Å². The zero-order valence-electron chi connectivity index (χ0n) is 16.8. The highest BCUT2D eigenvalue weighted by molar-refractivity contribution is 5.96. The molecule has 0 spiro atoms. The van der Waals surface area contributed by atoms with Crippen molar-refractivity contribution < 1.29 is 4.74 Å². The zero-order chi connectivity index (χ0) is 19.2. The van der Waals surface area contributed by atoms with Crippen LogP contribution in [0.3, 0.4) is 0 Å². The Kier molecular flexibility index (Phi) is 4.10. The maximum absolute atomic E-state index is 5.75. The summed E-state index contributed by atoms with van der Waals surface area (Å²) in [6.07, 6.45) is 0. The van der Waals surface area contributed by atoms with Crippen molar-refractivity contribution in [2.45, 2.75) is 45.6 Å². The molecule has 138 valence electrons. The van der Waals surface area contributed by atoms with Gasteiger partial charge in [0.25, 0.3) is 0 Å². The Balaban J connectivity index is 1.64. The summed E-state index contributed by atoms with van der Waals surface area (Å²) >= 11 is 0. The first-order valence-electron chi connectivity index (χ1n) is 9.59. The summed E-state index contributed by atoms with van der Waals surface area (Å²) in [6.45, 7) is 11.6. The molecule has 2 heteroatoms. The second-order valence-corrected chi connectivity index (χ2v) is 9.12. The molecular weight excluding hydrogens is 330 g/mol. The van der Waals surface area contributed by atoms with Gasteiger partial charge in [-0.1, -0.05) is 63.2 Å². The summed E-state index contributed by atoms with van der Waals surface area (Å²) in [5.74, 6) is 0.750. The first-order chi connectivity index (χ1) is 12.7. The van der Waals surface area contributed by atoms with E-state index in [9.17, 15) is 0 Å². The molecule has 0 saturated carbocycles. The third-order valence-electron chi connectivity index (χ3n) is 5.14. The summed E-state index contributed by atoms with van der Waals surface area (Å²) in [5, 5.41) is 2.56. The summed E-state index contributed by atoms with van der Waals surface area (Å²) in [6, 6.07) is 22.0. The van der Waals surface area contributed by atoms with Crippen molar-refractivity contribution in [2.75, 3.05) is 6.61 Å². The lowest BCUT2D eigenvalue weighted by Crippen LogP contribution is -2.17.